The van der Waals surface area contributed by atoms with Crippen molar-refractivity contribution in [2.75, 3.05) is 19.1 Å². The molecule has 116 valence electrons. The molecule has 0 saturated heterocycles. The van der Waals surface area contributed by atoms with Gasteiger partial charge in [-0.25, -0.2) is 0 Å². The minimum atomic E-state index is -4.87. The van der Waals surface area contributed by atoms with Crippen LogP contribution in [0, 0.1) is 5.92 Å². The second-order valence-electron chi connectivity index (χ2n) is 4.77. The summed E-state index contributed by atoms with van der Waals surface area (Å²) >= 11 is 0. The van der Waals surface area contributed by atoms with E-state index in [4.69, 9.17) is 0 Å². The fraction of sp³-hybridized carbons (Fsp3) is 1.00. The van der Waals surface area contributed by atoms with E-state index in [1.807, 2.05) is 13.8 Å². The van der Waals surface area contributed by atoms with Gasteiger partial charge >= 0.3 is 118 Å². The Kier molecular flexibility index (Phi) is 32.3. The number of hydrogen-bond acceptors (Lipinski definition) is 7. The van der Waals surface area contributed by atoms with Crippen LogP contribution < -0.4 is 138 Å². The largest absolute Gasteiger partial charge is 1.00 e. The molecule has 23 heavy (non-hydrogen) atoms. The first-order chi connectivity index (χ1) is 8.57. The van der Waals surface area contributed by atoms with E-state index in [2.05, 4.69) is 0 Å². The van der Waals surface area contributed by atoms with Crippen LogP contribution in [0.25, 0.3) is 0 Å². The Hall–Kier alpha value is 4.26. The molecule has 13 heteroatoms. The van der Waals surface area contributed by atoms with Crippen molar-refractivity contribution >= 4 is 15.2 Å². The standard InChI is InChI=1S/C10H25NO6P2.4Na/c1-3-5-6-10(4-2)7-11(8-18(12,13)14)9-19(15,16)17;;;;/h10H,3-9H2,1-2H3,(H2,12,13,14)(H2,15,16,17);;;;/q;4*+1/p-4. The monoisotopic (exact) mass is 405 g/mol. The average Bonchev–Trinajstić information content (AvgIpc) is 2.19. The SMILES string of the molecule is CCCCC(CC)CN(CP(=O)([O-])[O-])CP(=O)([O-])[O-].[Na+].[Na+].[Na+].[Na+]. The number of hydrogen-bond donors (Lipinski definition) is 0. The van der Waals surface area contributed by atoms with E-state index in [-0.39, 0.29) is 131 Å². The molecule has 0 aromatic heterocycles. The van der Waals surface area contributed by atoms with Gasteiger partial charge in [0.05, 0.1) is 0 Å². The van der Waals surface area contributed by atoms with Crippen molar-refractivity contribution in [3.63, 3.8) is 0 Å². The molecule has 0 N–H and O–H groups in total. The van der Waals surface area contributed by atoms with E-state index in [0.29, 0.717) is 0 Å². The van der Waals surface area contributed by atoms with E-state index in [9.17, 15) is 28.7 Å². The zero-order valence-corrected chi connectivity index (χ0v) is 25.1. The Morgan fingerprint density at radius 2 is 1.26 bits per heavy atom. The summed E-state index contributed by atoms with van der Waals surface area (Å²) in [6.45, 7) is 4.05. The van der Waals surface area contributed by atoms with Gasteiger partial charge in [-0.1, -0.05) is 48.3 Å². The third kappa shape index (κ3) is 26.3. The Labute approximate surface area is 228 Å². The molecule has 0 spiro atoms. The first kappa shape index (κ1) is 37.9. The zero-order chi connectivity index (χ0) is 15.1. The topological polar surface area (TPSA) is 130 Å². The normalized spacial score (nSPS) is 12.3. The molecular weight excluding hydrogens is 384 g/mol. The zero-order valence-electron chi connectivity index (χ0n) is 15.3. The van der Waals surface area contributed by atoms with Crippen molar-refractivity contribution < 1.29 is 147 Å². The third-order valence-corrected chi connectivity index (χ3v) is 4.30. The average molecular weight is 405 g/mol. The fourth-order valence-electron chi connectivity index (χ4n) is 1.93. The summed E-state index contributed by atoms with van der Waals surface area (Å²) in [5.74, 6) is 0.0815. The van der Waals surface area contributed by atoms with Crippen molar-refractivity contribution in [3.05, 3.63) is 0 Å². The molecule has 0 aliphatic carbocycles. The van der Waals surface area contributed by atoms with Gasteiger partial charge in [0.1, 0.15) is 0 Å². The maximum atomic E-state index is 10.7. The van der Waals surface area contributed by atoms with Crippen LogP contribution in [0.3, 0.4) is 0 Å². The van der Waals surface area contributed by atoms with Crippen molar-refractivity contribution in [2.24, 2.45) is 5.92 Å². The first-order valence-corrected chi connectivity index (χ1v) is 9.77. The summed E-state index contributed by atoms with van der Waals surface area (Å²) in [5, 5.41) is 0. The maximum Gasteiger partial charge on any atom is 1.00 e. The minimum Gasteiger partial charge on any atom is -0.810 e. The maximum absolute atomic E-state index is 10.7. The molecule has 0 saturated carbocycles. The molecule has 0 aliphatic rings. The summed E-state index contributed by atoms with van der Waals surface area (Å²) in [7, 11) is -9.75. The van der Waals surface area contributed by atoms with Crippen LogP contribution in [0.15, 0.2) is 0 Å². The van der Waals surface area contributed by atoms with Crippen LogP contribution in [0.5, 0.6) is 0 Å². The van der Waals surface area contributed by atoms with E-state index in [1.54, 1.807) is 0 Å². The van der Waals surface area contributed by atoms with Crippen molar-refractivity contribution in [1.29, 1.82) is 0 Å². The quantitative estimate of drug-likeness (QED) is 0.261. The predicted molar refractivity (Wildman–Crippen MR) is 65.0 cm³/mol. The van der Waals surface area contributed by atoms with Crippen LogP contribution in [-0.2, 0) is 9.13 Å². The minimum absolute atomic E-state index is 0. The van der Waals surface area contributed by atoms with E-state index < -0.39 is 27.8 Å². The van der Waals surface area contributed by atoms with Crippen LogP contribution in [0.2, 0.25) is 0 Å². The fourth-order valence-corrected chi connectivity index (χ4v) is 3.50. The third-order valence-electron chi connectivity index (χ3n) is 2.81. The summed E-state index contributed by atoms with van der Waals surface area (Å²) < 4.78 is 21.5. The first-order valence-electron chi connectivity index (χ1n) is 6.32. The molecule has 0 amide bonds. The molecule has 0 heterocycles. The summed E-state index contributed by atoms with van der Waals surface area (Å²) in [6.07, 6.45) is 1.63. The molecule has 0 aliphatic heterocycles. The summed E-state index contributed by atoms with van der Waals surface area (Å²) in [4.78, 5) is 43.9. The second-order valence-corrected chi connectivity index (χ2v) is 7.78. The molecule has 0 aromatic carbocycles. The Morgan fingerprint density at radius 3 is 1.52 bits per heavy atom. The Bertz CT molecular complexity index is 330. The molecule has 0 bridgehead atoms. The van der Waals surface area contributed by atoms with E-state index >= 15 is 0 Å². The van der Waals surface area contributed by atoms with Gasteiger partial charge in [0.25, 0.3) is 0 Å². The molecular formula is C10H21NNa4O6P2. The molecule has 1 atom stereocenters. The molecule has 0 fully saturated rings. The van der Waals surface area contributed by atoms with E-state index in [1.165, 1.54) is 0 Å². The van der Waals surface area contributed by atoms with Gasteiger partial charge in [0.15, 0.2) is 0 Å². The molecule has 0 radical (unpaired) electrons. The van der Waals surface area contributed by atoms with Crippen molar-refractivity contribution in [3.8, 4) is 0 Å². The van der Waals surface area contributed by atoms with Gasteiger partial charge in [0, 0.05) is 19.1 Å². The van der Waals surface area contributed by atoms with Crippen LogP contribution >= 0.6 is 15.2 Å². The Balaban J connectivity index is -0.000000270. The van der Waals surface area contributed by atoms with Crippen LogP contribution in [-0.4, -0.2) is 24.0 Å². The summed E-state index contributed by atoms with van der Waals surface area (Å²) in [6, 6.07) is 0. The van der Waals surface area contributed by atoms with Gasteiger partial charge in [-0.05, 0) is 12.3 Å². The summed E-state index contributed by atoms with van der Waals surface area (Å²) in [5.41, 5.74) is 0. The number of unbranched alkanes of at least 4 members (excludes halogenated alkanes) is 1. The van der Waals surface area contributed by atoms with Crippen LogP contribution in [0.4, 0.5) is 0 Å². The molecule has 7 nitrogen and oxygen atoms in total. The van der Waals surface area contributed by atoms with Crippen molar-refractivity contribution in [1.82, 2.24) is 4.90 Å². The van der Waals surface area contributed by atoms with Gasteiger partial charge < -0.3 is 28.7 Å². The van der Waals surface area contributed by atoms with Gasteiger partial charge in [0.2, 0.25) is 0 Å². The Morgan fingerprint density at radius 1 is 0.870 bits per heavy atom. The molecule has 0 rings (SSSR count). The predicted octanol–water partition coefficient (Wildman–Crippen LogP) is -12.7. The van der Waals surface area contributed by atoms with Gasteiger partial charge in [-0.2, -0.15) is 0 Å². The van der Waals surface area contributed by atoms with Gasteiger partial charge in [-0.3, -0.25) is 4.90 Å². The molecule has 1 unspecified atom stereocenters. The van der Waals surface area contributed by atoms with E-state index in [0.717, 1.165) is 30.6 Å². The second kappa shape index (κ2) is 19.6. The van der Waals surface area contributed by atoms with Crippen LogP contribution in [0.1, 0.15) is 39.5 Å². The molecule has 0 aromatic rings. The smallest absolute Gasteiger partial charge is 0.810 e. The number of rotatable bonds is 10. The van der Waals surface area contributed by atoms with Crippen molar-refractivity contribution in [2.45, 2.75) is 39.5 Å². The van der Waals surface area contributed by atoms with Gasteiger partial charge in [-0.15, -0.1) is 0 Å². The number of nitrogens with zero attached hydrogens (tertiary/aromatic N) is 1.